The van der Waals surface area contributed by atoms with Gasteiger partial charge in [0.2, 0.25) is 0 Å². The van der Waals surface area contributed by atoms with Crippen LogP contribution in [-0.4, -0.2) is 9.55 Å². The van der Waals surface area contributed by atoms with Crippen LogP contribution in [0.25, 0.3) is 0 Å². The number of hydrogen-bond acceptors (Lipinski definition) is 1. The summed E-state index contributed by atoms with van der Waals surface area (Å²) in [5.74, 6) is 1.13. The Balaban J connectivity index is 2.94. The molecule has 1 atom stereocenters. The first-order valence-corrected chi connectivity index (χ1v) is 4.07. The minimum absolute atomic E-state index is 0.502. The molecule has 1 aromatic heterocycles. The van der Waals surface area contributed by atoms with Crippen molar-refractivity contribution in [2.75, 3.05) is 0 Å². The van der Waals surface area contributed by atoms with Gasteiger partial charge in [-0.05, 0) is 6.92 Å². The van der Waals surface area contributed by atoms with Gasteiger partial charge >= 0.3 is 0 Å². The molecule has 0 amide bonds. The number of hydrogen-bond donors (Lipinski definition) is 0. The van der Waals surface area contributed by atoms with Crippen molar-refractivity contribution < 1.29 is 0 Å². The summed E-state index contributed by atoms with van der Waals surface area (Å²) in [6.45, 7) is 2.13. The van der Waals surface area contributed by atoms with Gasteiger partial charge in [-0.15, -0.1) is 0 Å². The normalized spacial score (nSPS) is 13.7. The number of halogens is 1. The van der Waals surface area contributed by atoms with Gasteiger partial charge in [0.05, 0.1) is 3.92 Å². The average molecular weight is 236 g/mol. The fourth-order valence-electron chi connectivity index (χ4n) is 0.760. The summed E-state index contributed by atoms with van der Waals surface area (Å²) in [4.78, 5) is 4.17. The first-order valence-electron chi connectivity index (χ1n) is 2.83. The van der Waals surface area contributed by atoms with Crippen LogP contribution in [0, 0.1) is 0 Å². The van der Waals surface area contributed by atoms with Crippen molar-refractivity contribution in [3.8, 4) is 0 Å². The summed E-state index contributed by atoms with van der Waals surface area (Å²) in [5.41, 5.74) is 0. The maximum Gasteiger partial charge on any atom is 0.121 e. The lowest BCUT2D eigenvalue weighted by Gasteiger charge is -2.00. The van der Waals surface area contributed by atoms with E-state index in [1.165, 1.54) is 0 Å². The van der Waals surface area contributed by atoms with Gasteiger partial charge in [-0.2, -0.15) is 0 Å². The molecule has 0 saturated heterocycles. The van der Waals surface area contributed by atoms with Crippen LogP contribution in [0.3, 0.4) is 0 Å². The quantitative estimate of drug-likeness (QED) is 0.538. The molecule has 1 heterocycles. The third-order valence-corrected chi connectivity index (χ3v) is 1.77. The van der Waals surface area contributed by atoms with Crippen molar-refractivity contribution in [3.05, 3.63) is 18.2 Å². The molecular formula is C6H9IN2. The number of alkyl halides is 1. The number of aromatic nitrogens is 2. The molecule has 0 unspecified atom stereocenters. The molecule has 0 fully saturated rings. The Bertz CT molecular complexity index is 193. The van der Waals surface area contributed by atoms with Gasteiger partial charge in [0.1, 0.15) is 5.82 Å². The average Bonchev–Trinajstić information content (AvgIpc) is 2.13. The minimum Gasteiger partial charge on any atom is -0.337 e. The van der Waals surface area contributed by atoms with Gasteiger partial charge < -0.3 is 4.57 Å². The van der Waals surface area contributed by atoms with E-state index in [-0.39, 0.29) is 0 Å². The zero-order chi connectivity index (χ0) is 6.85. The predicted octanol–water partition coefficient (Wildman–Crippen LogP) is 1.92. The molecule has 0 aliphatic rings. The molecule has 0 N–H and O–H groups in total. The summed E-state index contributed by atoms with van der Waals surface area (Å²) in [6.07, 6.45) is 3.79. The number of rotatable bonds is 1. The predicted molar refractivity (Wildman–Crippen MR) is 45.6 cm³/mol. The van der Waals surface area contributed by atoms with E-state index in [0.29, 0.717) is 3.92 Å². The SMILES string of the molecule is C[C@@H](I)c1nccn1C. The lowest BCUT2D eigenvalue weighted by atomic mass is 10.5. The molecule has 0 aromatic carbocycles. The van der Waals surface area contributed by atoms with Crippen LogP contribution in [0.2, 0.25) is 0 Å². The van der Waals surface area contributed by atoms with E-state index in [1.54, 1.807) is 0 Å². The zero-order valence-corrected chi connectivity index (χ0v) is 7.66. The van der Waals surface area contributed by atoms with Crippen LogP contribution < -0.4 is 0 Å². The number of aryl methyl sites for hydroxylation is 1. The Labute approximate surface area is 68.4 Å². The third-order valence-electron chi connectivity index (χ3n) is 1.21. The highest BCUT2D eigenvalue weighted by Crippen LogP contribution is 2.18. The highest BCUT2D eigenvalue weighted by atomic mass is 127. The Kier molecular flexibility index (Phi) is 2.10. The van der Waals surface area contributed by atoms with E-state index >= 15 is 0 Å². The molecule has 0 aliphatic heterocycles. The highest BCUT2D eigenvalue weighted by molar-refractivity contribution is 14.1. The van der Waals surface area contributed by atoms with Gasteiger partial charge in [-0.25, -0.2) is 4.98 Å². The van der Waals surface area contributed by atoms with E-state index in [1.807, 2.05) is 24.0 Å². The summed E-state index contributed by atoms with van der Waals surface area (Å²) in [7, 11) is 2.01. The lowest BCUT2D eigenvalue weighted by molar-refractivity contribution is 0.810. The molecule has 0 bridgehead atoms. The Morgan fingerprint density at radius 1 is 1.78 bits per heavy atom. The molecule has 1 rings (SSSR count). The van der Waals surface area contributed by atoms with Gasteiger partial charge in [0.25, 0.3) is 0 Å². The summed E-state index contributed by atoms with van der Waals surface area (Å²) >= 11 is 2.35. The maximum atomic E-state index is 4.17. The van der Waals surface area contributed by atoms with Crippen LogP contribution in [0.5, 0.6) is 0 Å². The minimum atomic E-state index is 0.502. The second-order valence-corrected chi connectivity index (χ2v) is 3.88. The van der Waals surface area contributed by atoms with Crippen molar-refractivity contribution in [1.29, 1.82) is 0 Å². The van der Waals surface area contributed by atoms with Crippen molar-refractivity contribution >= 4 is 22.6 Å². The van der Waals surface area contributed by atoms with Crippen LogP contribution in [0.15, 0.2) is 12.4 Å². The molecule has 1 aromatic rings. The Hall–Kier alpha value is -0.0600. The molecular weight excluding hydrogens is 227 g/mol. The molecule has 0 saturated carbocycles. The fraction of sp³-hybridized carbons (Fsp3) is 0.500. The summed E-state index contributed by atoms with van der Waals surface area (Å²) < 4.78 is 2.54. The Morgan fingerprint density at radius 2 is 2.44 bits per heavy atom. The molecule has 50 valence electrons. The Morgan fingerprint density at radius 3 is 2.67 bits per heavy atom. The zero-order valence-electron chi connectivity index (χ0n) is 5.50. The van der Waals surface area contributed by atoms with E-state index < -0.39 is 0 Å². The van der Waals surface area contributed by atoms with Crippen LogP contribution >= 0.6 is 22.6 Å². The topological polar surface area (TPSA) is 17.8 Å². The van der Waals surface area contributed by atoms with E-state index in [2.05, 4.69) is 34.5 Å². The molecule has 0 radical (unpaired) electrons. The monoisotopic (exact) mass is 236 g/mol. The molecule has 2 nitrogen and oxygen atoms in total. The first kappa shape index (κ1) is 7.05. The second-order valence-electron chi connectivity index (χ2n) is 2.01. The van der Waals surface area contributed by atoms with E-state index in [0.717, 1.165) is 5.82 Å². The van der Waals surface area contributed by atoms with Gasteiger partial charge in [0, 0.05) is 19.4 Å². The summed E-state index contributed by atoms with van der Waals surface area (Å²) in [5, 5.41) is 0. The smallest absolute Gasteiger partial charge is 0.121 e. The number of imidazole rings is 1. The molecule has 9 heavy (non-hydrogen) atoms. The molecule has 0 spiro atoms. The van der Waals surface area contributed by atoms with Crippen molar-refractivity contribution in [2.24, 2.45) is 7.05 Å². The van der Waals surface area contributed by atoms with Crippen LogP contribution in [-0.2, 0) is 7.05 Å². The van der Waals surface area contributed by atoms with Crippen molar-refractivity contribution in [3.63, 3.8) is 0 Å². The standard InChI is InChI=1S/C6H9IN2/c1-5(7)6-8-3-4-9(6)2/h3-5H,1-2H3/t5-/m1/s1. The maximum absolute atomic E-state index is 4.17. The van der Waals surface area contributed by atoms with Gasteiger partial charge in [-0.3, -0.25) is 0 Å². The lowest BCUT2D eigenvalue weighted by Crippen LogP contribution is -1.95. The highest BCUT2D eigenvalue weighted by Gasteiger charge is 2.03. The number of nitrogens with zero attached hydrogens (tertiary/aromatic N) is 2. The molecule has 3 heteroatoms. The van der Waals surface area contributed by atoms with Crippen molar-refractivity contribution in [2.45, 2.75) is 10.8 Å². The fourth-order valence-corrected chi connectivity index (χ4v) is 1.36. The molecule has 0 aliphatic carbocycles. The van der Waals surface area contributed by atoms with Gasteiger partial charge in [0.15, 0.2) is 0 Å². The van der Waals surface area contributed by atoms with Gasteiger partial charge in [-0.1, -0.05) is 22.6 Å². The van der Waals surface area contributed by atoms with Crippen molar-refractivity contribution in [1.82, 2.24) is 9.55 Å². The first-order chi connectivity index (χ1) is 4.22. The van der Waals surface area contributed by atoms with E-state index in [4.69, 9.17) is 0 Å². The summed E-state index contributed by atoms with van der Waals surface area (Å²) in [6, 6.07) is 0. The third kappa shape index (κ3) is 1.44. The van der Waals surface area contributed by atoms with Crippen LogP contribution in [0.1, 0.15) is 16.7 Å². The van der Waals surface area contributed by atoms with Crippen LogP contribution in [0.4, 0.5) is 0 Å². The van der Waals surface area contributed by atoms with E-state index in [9.17, 15) is 0 Å². The second kappa shape index (κ2) is 2.68. The largest absolute Gasteiger partial charge is 0.337 e.